The molecule has 190 valence electrons. The molecule has 5 rings (SSSR count). The van der Waals surface area contributed by atoms with Gasteiger partial charge in [0.25, 0.3) is 5.91 Å². The summed E-state index contributed by atoms with van der Waals surface area (Å²) >= 11 is 0. The third-order valence-electron chi connectivity index (χ3n) is 6.99. The summed E-state index contributed by atoms with van der Waals surface area (Å²) in [7, 11) is -1.07. The van der Waals surface area contributed by atoms with Crippen LogP contribution in [0.4, 0.5) is 5.69 Å². The van der Waals surface area contributed by atoms with E-state index in [4.69, 9.17) is 4.42 Å². The molecule has 1 saturated carbocycles. The zero-order valence-corrected chi connectivity index (χ0v) is 21.6. The lowest BCUT2D eigenvalue weighted by molar-refractivity contribution is -0.123. The molecule has 1 aromatic heterocycles. The van der Waals surface area contributed by atoms with Crippen LogP contribution in [0.25, 0.3) is 22.1 Å². The summed E-state index contributed by atoms with van der Waals surface area (Å²) in [6.07, 6.45) is 3.89. The molecule has 1 unspecified atom stereocenters. The highest BCUT2D eigenvalue weighted by Gasteiger charge is 2.41. The van der Waals surface area contributed by atoms with Crippen LogP contribution in [0, 0.1) is 0 Å². The second kappa shape index (κ2) is 10.7. The first kappa shape index (κ1) is 25.0. The van der Waals surface area contributed by atoms with Gasteiger partial charge in [0.2, 0.25) is 5.91 Å². The van der Waals surface area contributed by atoms with Crippen LogP contribution in [0.2, 0.25) is 0 Å². The van der Waals surface area contributed by atoms with Crippen molar-refractivity contribution in [3.8, 4) is 11.1 Å². The molecule has 2 amide bonds. The summed E-state index contributed by atoms with van der Waals surface area (Å²) in [5, 5.41) is 6.88. The highest BCUT2D eigenvalue weighted by atomic mass is 32.2. The molecule has 0 spiro atoms. The maximum Gasteiger partial charge on any atom is 0.287 e. The summed E-state index contributed by atoms with van der Waals surface area (Å²) in [4.78, 5) is 27.5. The zero-order valence-electron chi connectivity index (χ0n) is 20.8. The first-order valence-corrected chi connectivity index (χ1v) is 14.0. The largest absolute Gasteiger partial charge is 0.451 e. The molecule has 1 heterocycles. The van der Waals surface area contributed by atoms with Gasteiger partial charge in [-0.3, -0.25) is 13.8 Å². The predicted octanol–water partition coefficient (Wildman–Crippen LogP) is 6.30. The van der Waals surface area contributed by atoms with Crippen molar-refractivity contribution in [1.29, 1.82) is 0 Å². The van der Waals surface area contributed by atoms with Gasteiger partial charge in [0.05, 0.1) is 10.8 Å². The van der Waals surface area contributed by atoms with E-state index in [-0.39, 0.29) is 17.6 Å². The van der Waals surface area contributed by atoms with Crippen molar-refractivity contribution in [2.75, 3.05) is 11.1 Å². The Morgan fingerprint density at radius 3 is 2.35 bits per heavy atom. The molecule has 4 aromatic rings. The molecule has 1 aliphatic rings. The number of furan rings is 1. The lowest BCUT2D eigenvalue weighted by Crippen LogP contribution is -2.57. The predicted molar refractivity (Wildman–Crippen MR) is 147 cm³/mol. The Labute approximate surface area is 218 Å². The van der Waals surface area contributed by atoms with E-state index in [0.717, 1.165) is 40.7 Å². The van der Waals surface area contributed by atoms with Crippen molar-refractivity contribution < 1.29 is 18.2 Å². The fourth-order valence-corrected chi connectivity index (χ4v) is 5.95. The molecule has 1 fully saturated rings. The summed E-state index contributed by atoms with van der Waals surface area (Å²) in [6.45, 7) is 1.90. The number of hydrogen-bond donors (Lipinski definition) is 2. The normalized spacial score (nSPS) is 15.7. The topological polar surface area (TPSA) is 88.4 Å². The number of amides is 2. The van der Waals surface area contributed by atoms with Crippen molar-refractivity contribution in [3.63, 3.8) is 0 Å². The number of carbonyl (C=O) groups excluding carboxylic acids is 2. The number of hydrogen-bond acceptors (Lipinski definition) is 4. The van der Waals surface area contributed by atoms with E-state index in [9.17, 15) is 13.8 Å². The first-order chi connectivity index (χ1) is 18.0. The molecule has 1 aliphatic carbocycles. The highest BCUT2D eigenvalue weighted by molar-refractivity contribution is 7.85. The quantitative estimate of drug-likeness (QED) is 0.303. The molecule has 0 saturated heterocycles. The van der Waals surface area contributed by atoms with Crippen LogP contribution >= 0.6 is 0 Å². The number of anilines is 1. The van der Waals surface area contributed by atoms with Crippen molar-refractivity contribution >= 4 is 39.3 Å². The minimum absolute atomic E-state index is 0.200. The van der Waals surface area contributed by atoms with E-state index in [1.54, 1.807) is 6.07 Å². The average Bonchev–Trinajstić information content (AvgIpc) is 3.38. The first-order valence-electron chi connectivity index (χ1n) is 12.7. The van der Waals surface area contributed by atoms with Crippen LogP contribution in [0.3, 0.4) is 0 Å². The fraction of sp³-hybridized carbons (Fsp3) is 0.267. The Bertz CT molecular complexity index is 1420. The molecule has 3 aromatic carbocycles. The molecular formula is C30H30N2O4S. The summed E-state index contributed by atoms with van der Waals surface area (Å²) in [5.41, 5.74) is 2.13. The van der Waals surface area contributed by atoms with E-state index in [1.807, 2.05) is 79.7 Å². The number of para-hydroxylation sites is 1. The van der Waals surface area contributed by atoms with E-state index in [1.165, 1.54) is 0 Å². The second-order valence-corrected chi connectivity index (χ2v) is 11.1. The van der Waals surface area contributed by atoms with Gasteiger partial charge in [-0.25, -0.2) is 0 Å². The molecule has 37 heavy (non-hydrogen) atoms. The Morgan fingerprint density at radius 2 is 1.62 bits per heavy atom. The molecule has 0 radical (unpaired) electrons. The monoisotopic (exact) mass is 514 g/mol. The van der Waals surface area contributed by atoms with Gasteiger partial charge in [-0.05, 0) is 54.3 Å². The van der Waals surface area contributed by atoms with Crippen molar-refractivity contribution in [3.05, 3.63) is 84.6 Å². The molecule has 2 N–H and O–H groups in total. The minimum Gasteiger partial charge on any atom is -0.451 e. The molecule has 0 bridgehead atoms. The molecule has 1 atom stereocenters. The van der Waals surface area contributed by atoms with Crippen LogP contribution in [0.15, 0.2) is 88.2 Å². The third-order valence-corrected chi connectivity index (χ3v) is 8.36. The number of fused-ring (bicyclic) bond motifs is 1. The molecule has 6 nitrogen and oxygen atoms in total. The van der Waals surface area contributed by atoms with Crippen LogP contribution in [-0.4, -0.2) is 27.3 Å². The van der Waals surface area contributed by atoms with Crippen LogP contribution in [-0.2, 0) is 15.6 Å². The van der Waals surface area contributed by atoms with Gasteiger partial charge in [0, 0.05) is 21.7 Å². The third kappa shape index (κ3) is 5.23. The molecule has 0 aliphatic heterocycles. The smallest absolute Gasteiger partial charge is 0.287 e. The van der Waals surface area contributed by atoms with Gasteiger partial charge in [-0.15, -0.1) is 0 Å². The van der Waals surface area contributed by atoms with E-state index < -0.39 is 16.3 Å². The summed E-state index contributed by atoms with van der Waals surface area (Å²) in [6, 6.07) is 24.4. The Kier molecular flexibility index (Phi) is 7.24. The highest BCUT2D eigenvalue weighted by Crippen LogP contribution is 2.32. The van der Waals surface area contributed by atoms with Gasteiger partial charge in [0.1, 0.15) is 11.1 Å². The van der Waals surface area contributed by atoms with Gasteiger partial charge in [-0.2, -0.15) is 0 Å². The maximum atomic E-state index is 13.6. The van der Waals surface area contributed by atoms with Crippen LogP contribution < -0.4 is 10.6 Å². The summed E-state index contributed by atoms with van der Waals surface area (Å²) < 4.78 is 18.2. The molecule has 7 heteroatoms. The van der Waals surface area contributed by atoms with Gasteiger partial charge in [-0.1, -0.05) is 74.7 Å². The van der Waals surface area contributed by atoms with Crippen molar-refractivity contribution in [1.82, 2.24) is 5.32 Å². The summed E-state index contributed by atoms with van der Waals surface area (Å²) in [5.74, 6) is 0.139. The zero-order chi connectivity index (χ0) is 25.8. The average molecular weight is 515 g/mol. The number of nitrogens with one attached hydrogen (secondary N) is 2. The van der Waals surface area contributed by atoms with Crippen LogP contribution in [0.5, 0.6) is 0 Å². The van der Waals surface area contributed by atoms with Crippen LogP contribution in [0.1, 0.15) is 49.6 Å². The van der Waals surface area contributed by atoms with Gasteiger partial charge < -0.3 is 15.1 Å². The van der Waals surface area contributed by atoms with Crippen molar-refractivity contribution in [2.24, 2.45) is 0 Å². The number of carbonyl (C=O) groups is 2. The lowest BCUT2D eigenvalue weighted by atomic mass is 9.80. The lowest BCUT2D eigenvalue weighted by Gasteiger charge is -2.36. The number of rotatable bonds is 7. The molecular weight excluding hydrogens is 484 g/mol. The SMILES string of the molecule is CCS(=O)c1ccccc1-c1ccc(NC(=O)C2(NC(=O)c3cc4ccccc4o3)CCCCC2)cc1. The fourth-order valence-electron chi connectivity index (χ4n) is 4.98. The Hall–Kier alpha value is -3.71. The maximum absolute atomic E-state index is 13.6. The Balaban J connectivity index is 1.35. The van der Waals surface area contributed by atoms with Crippen molar-refractivity contribution in [2.45, 2.75) is 49.5 Å². The standard InChI is InChI=1S/C30H30N2O4S/c1-2-37(35)27-13-7-5-11-24(27)21-14-16-23(17-15-21)31-29(34)30(18-8-3-9-19-30)32-28(33)26-20-22-10-4-6-12-25(22)36-26/h4-7,10-17,20H,2-3,8-9,18-19H2,1H3,(H,31,34)(H,32,33). The van der Waals surface area contributed by atoms with E-state index >= 15 is 0 Å². The number of benzene rings is 3. The minimum atomic E-state index is -1.07. The Morgan fingerprint density at radius 1 is 0.919 bits per heavy atom. The second-order valence-electron chi connectivity index (χ2n) is 9.41. The van der Waals surface area contributed by atoms with Gasteiger partial charge >= 0.3 is 0 Å². The van der Waals surface area contributed by atoms with Gasteiger partial charge in [0.15, 0.2) is 5.76 Å². The van der Waals surface area contributed by atoms with E-state index in [0.29, 0.717) is 29.9 Å². The van der Waals surface area contributed by atoms with E-state index in [2.05, 4.69) is 10.6 Å².